The second kappa shape index (κ2) is 5.28. The van der Waals surface area contributed by atoms with Crippen molar-refractivity contribution < 1.29 is 26.4 Å². The van der Waals surface area contributed by atoms with E-state index >= 15 is 0 Å². The van der Waals surface area contributed by atoms with Gasteiger partial charge in [0, 0.05) is 5.56 Å². The van der Waals surface area contributed by atoms with Gasteiger partial charge < -0.3 is 0 Å². The van der Waals surface area contributed by atoms with Gasteiger partial charge in [-0.1, -0.05) is 13.0 Å². The topological polar surface area (TPSA) is 51.2 Å². The lowest BCUT2D eigenvalue weighted by atomic mass is 9.94. The Bertz CT molecular complexity index is 668. The number of benzene rings is 1. The van der Waals surface area contributed by atoms with E-state index in [0.29, 0.717) is 11.6 Å². The number of hydrogen-bond acceptors (Lipinski definition) is 3. The molecule has 1 aromatic rings. The smallest absolute Gasteiger partial charge is 0.276 e. The van der Waals surface area contributed by atoms with Crippen LogP contribution in [-0.2, 0) is 28.0 Å². The van der Waals surface area contributed by atoms with E-state index in [-0.39, 0.29) is 30.4 Å². The maximum Gasteiger partial charge on any atom is 0.416 e. The van der Waals surface area contributed by atoms with Gasteiger partial charge >= 0.3 is 6.18 Å². The molecule has 0 unspecified atom stereocenters. The molecule has 0 radical (unpaired) electrons. The summed E-state index contributed by atoms with van der Waals surface area (Å²) in [6, 6.07) is 1.83. The lowest BCUT2D eigenvalue weighted by molar-refractivity contribution is -0.138. The molecule has 1 aromatic carbocycles. The zero-order chi connectivity index (χ0) is 16.0. The van der Waals surface area contributed by atoms with E-state index in [9.17, 15) is 26.4 Å². The van der Waals surface area contributed by atoms with Gasteiger partial charge in [0.25, 0.3) is 5.24 Å². The number of thiol groups is 1. The van der Waals surface area contributed by atoms with Gasteiger partial charge in [0.2, 0.25) is 0 Å². The predicted octanol–water partition coefficient (Wildman–Crippen LogP) is 3.25. The zero-order valence-electron chi connectivity index (χ0n) is 11.0. The fourth-order valence-electron chi connectivity index (χ4n) is 2.41. The number of aryl methyl sites for hydroxylation is 1. The highest BCUT2D eigenvalue weighted by atomic mass is 35.5. The van der Waals surface area contributed by atoms with Crippen LogP contribution in [0.15, 0.2) is 12.1 Å². The standard InChI is InChI=1S/C13H12ClF3O3S/c1-2-7-5-9(12(3-4-12)21(19)20)10(13(15,16)17)6-8(7)11(14)18/h5-6,21H,2-4H2,1H3. The van der Waals surface area contributed by atoms with Gasteiger partial charge in [0.1, 0.15) is 10.7 Å². The molecule has 1 fully saturated rings. The minimum atomic E-state index is -4.75. The summed E-state index contributed by atoms with van der Waals surface area (Å²) in [6.45, 7) is 1.66. The second-order valence-corrected chi connectivity index (χ2v) is 6.68. The predicted molar refractivity (Wildman–Crippen MR) is 72.2 cm³/mol. The molecule has 0 amide bonds. The second-order valence-electron chi connectivity index (χ2n) is 4.97. The Morgan fingerprint density at radius 1 is 1.33 bits per heavy atom. The third-order valence-electron chi connectivity index (χ3n) is 3.72. The zero-order valence-corrected chi connectivity index (χ0v) is 12.6. The fourth-order valence-corrected chi connectivity index (χ4v) is 3.44. The molecule has 0 aromatic heterocycles. The Hall–Kier alpha value is -1.08. The van der Waals surface area contributed by atoms with Gasteiger partial charge in [-0.25, -0.2) is 8.42 Å². The Kier molecular flexibility index (Phi) is 4.10. The first kappa shape index (κ1) is 16.3. The Morgan fingerprint density at radius 2 is 1.90 bits per heavy atom. The lowest BCUT2D eigenvalue weighted by Crippen LogP contribution is -2.19. The molecule has 1 aliphatic rings. The summed E-state index contributed by atoms with van der Waals surface area (Å²) in [5.41, 5.74) is -1.28. The van der Waals surface area contributed by atoms with Gasteiger partial charge in [0.15, 0.2) is 0 Å². The molecule has 8 heteroatoms. The number of alkyl halides is 3. The maximum atomic E-state index is 13.2. The molecule has 0 spiro atoms. The fraction of sp³-hybridized carbons (Fsp3) is 0.462. The summed E-state index contributed by atoms with van der Waals surface area (Å²) < 4.78 is 60.8. The van der Waals surface area contributed by atoms with E-state index in [1.165, 1.54) is 0 Å². The normalized spacial score (nSPS) is 17.0. The van der Waals surface area contributed by atoms with E-state index in [1.54, 1.807) is 6.92 Å². The Morgan fingerprint density at radius 3 is 2.24 bits per heavy atom. The van der Waals surface area contributed by atoms with Crippen molar-refractivity contribution in [1.29, 1.82) is 0 Å². The molecule has 0 bridgehead atoms. The summed E-state index contributed by atoms with van der Waals surface area (Å²) in [5.74, 6) is 0. The van der Waals surface area contributed by atoms with Crippen LogP contribution in [0.1, 0.15) is 46.8 Å². The van der Waals surface area contributed by atoms with Crippen molar-refractivity contribution in [2.75, 3.05) is 0 Å². The first-order valence-electron chi connectivity index (χ1n) is 6.22. The number of carbonyl (C=O) groups is 1. The minimum absolute atomic E-state index is 0.159. The van der Waals surface area contributed by atoms with Crippen LogP contribution in [0.5, 0.6) is 0 Å². The molecule has 0 saturated heterocycles. The first-order valence-corrected chi connectivity index (χ1v) is 7.78. The summed E-state index contributed by atoms with van der Waals surface area (Å²) >= 11 is 5.33. The molecule has 21 heavy (non-hydrogen) atoms. The average Bonchev–Trinajstić information content (AvgIpc) is 3.17. The third-order valence-corrected chi connectivity index (χ3v) is 5.31. The van der Waals surface area contributed by atoms with Crippen LogP contribution in [0.2, 0.25) is 0 Å². The number of hydrogen-bond donors (Lipinski definition) is 1. The van der Waals surface area contributed by atoms with Crippen LogP contribution >= 0.6 is 11.6 Å². The quantitative estimate of drug-likeness (QED) is 0.676. The summed E-state index contributed by atoms with van der Waals surface area (Å²) in [7, 11) is -3.03. The van der Waals surface area contributed by atoms with Crippen molar-refractivity contribution in [2.45, 2.75) is 37.1 Å². The molecule has 3 nitrogen and oxygen atoms in total. The maximum absolute atomic E-state index is 13.2. The molecule has 116 valence electrons. The third kappa shape index (κ3) is 2.81. The van der Waals surface area contributed by atoms with Crippen molar-refractivity contribution in [1.82, 2.24) is 0 Å². The van der Waals surface area contributed by atoms with Gasteiger partial charge in [-0.2, -0.15) is 13.2 Å². The van der Waals surface area contributed by atoms with E-state index < -0.39 is 32.4 Å². The van der Waals surface area contributed by atoms with Crippen LogP contribution in [0.25, 0.3) is 0 Å². The van der Waals surface area contributed by atoms with E-state index in [2.05, 4.69) is 0 Å². The molecule has 0 N–H and O–H groups in total. The van der Waals surface area contributed by atoms with Crippen molar-refractivity contribution in [3.05, 3.63) is 34.4 Å². The van der Waals surface area contributed by atoms with Crippen molar-refractivity contribution in [3.63, 3.8) is 0 Å². The highest BCUT2D eigenvalue weighted by Crippen LogP contribution is 2.53. The van der Waals surface area contributed by atoms with Gasteiger partial charge in [-0.3, -0.25) is 4.79 Å². The van der Waals surface area contributed by atoms with Gasteiger partial charge in [-0.05, 0) is 48.1 Å². The number of halogens is 4. The van der Waals surface area contributed by atoms with Crippen molar-refractivity contribution >= 4 is 27.5 Å². The SMILES string of the molecule is CCc1cc(C2([SH](=O)=O)CC2)c(C(F)(F)F)cc1C(=O)Cl. The molecular weight excluding hydrogens is 329 g/mol. The average molecular weight is 341 g/mol. The highest BCUT2D eigenvalue weighted by molar-refractivity contribution is 7.74. The van der Waals surface area contributed by atoms with Crippen LogP contribution in [0.4, 0.5) is 13.2 Å². The van der Waals surface area contributed by atoms with Crippen LogP contribution < -0.4 is 0 Å². The van der Waals surface area contributed by atoms with Crippen molar-refractivity contribution in [3.8, 4) is 0 Å². The summed E-state index contributed by atoms with van der Waals surface area (Å²) in [6.07, 6.45) is -4.15. The van der Waals surface area contributed by atoms with Crippen LogP contribution in [0.3, 0.4) is 0 Å². The molecule has 0 atom stereocenters. The molecule has 0 heterocycles. The van der Waals surface area contributed by atoms with Crippen LogP contribution in [0, 0.1) is 0 Å². The number of carbonyl (C=O) groups excluding carboxylic acids is 1. The highest BCUT2D eigenvalue weighted by Gasteiger charge is 2.53. The monoisotopic (exact) mass is 340 g/mol. The minimum Gasteiger partial charge on any atom is -0.276 e. The molecule has 0 aliphatic heterocycles. The Labute approximate surface area is 126 Å². The molecular formula is C13H12ClF3O3S. The Balaban J connectivity index is 2.78. The van der Waals surface area contributed by atoms with Crippen LogP contribution in [-0.4, -0.2) is 13.7 Å². The summed E-state index contributed by atoms with van der Waals surface area (Å²) in [4.78, 5) is 11.3. The molecule has 1 saturated carbocycles. The van der Waals surface area contributed by atoms with E-state index in [0.717, 1.165) is 6.07 Å². The van der Waals surface area contributed by atoms with E-state index in [1.807, 2.05) is 0 Å². The molecule has 1 aliphatic carbocycles. The summed E-state index contributed by atoms with van der Waals surface area (Å²) in [5, 5.41) is -0.986. The van der Waals surface area contributed by atoms with E-state index in [4.69, 9.17) is 11.6 Å². The first-order chi connectivity index (χ1) is 9.63. The molecule has 2 rings (SSSR count). The van der Waals surface area contributed by atoms with Crippen molar-refractivity contribution in [2.24, 2.45) is 0 Å². The van der Waals surface area contributed by atoms with Gasteiger partial charge in [0.05, 0.1) is 10.3 Å². The van der Waals surface area contributed by atoms with Gasteiger partial charge in [-0.15, -0.1) is 0 Å². The largest absolute Gasteiger partial charge is 0.416 e. The number of rotatable bonds is 4. The lowest BCUT2D eigenvalue weighted by Gasteiger charge is -2.19.